The second kappa shape index (κ2) is 15.7. The van der Waals surface area contributed by atoms with Gasteiger partial charge in [0.1, 0.15) is 5.75 Å². The van der Waals surface area contributed by atoms with Gasteiger partial charge in [-0.25, -0.2) is 4.99 Å². The number of guanidine groups is 1. The van der Waals surface area contributed by atoms with Crippen molar-refractivity contribution < 1.29 is 18.9 Å². The maximum Gasteiger partial charge on any atom is 0.191 e. The standard InChI is InChI=1S/C24H39N3O4.HI/c1-3-25-24(26-10-4-11-30-22-8-13-28-14-9-22)27-16-21-6-5-19(2)15-23(21)31-18-20-7-12-29-17-20;/h5-6,15,20,22H,3-4,7-14,16-18H2,1-2H3,(H2,25,26,27);1H. The maximum atomic E-state index is 6.15. The Bertz CT molecular complexity index is 677. The molecule has 0 spiro atoms. The van der Waals surface area contributed by atoms with Crippen molar-refractivity contribution in [3.05, 3.63) is 29.3 Å². The highest BCUT2D eigenvalue weighted by Crippen LogP contribution is 2.23. The molecule has 0 amide bonds. The van der Waals surface area contributed by atoms with Crippen molar-refractivity contribution in [3.8, 4) is 5.75 Å². The first-order chi connectivity index (χ1) is 15.2. The molecule has 8 heteroatoms. The number of aliphatic imine (C=N–C) groups is 1. The smallest absolute Gasteiger partial charge is 0.191 e. The van der Waals surface area contributed by atoms with E-state index < -0.39 is 0 Å². The summed E-state index contributed by atoms with van der Waals surface area (Å²) in [6, 6.07) is 6.34. The zero-order chi connectivity index (χ0) is 21.7. The summed E-state index contributed by atoms with van der Waals surface area (Å²) in [5, 5.41) is 6.74. The molecule has 3 rings (SSSR count). The number of hydrogen-bond acceptors (Lipinski definition) is 5. The zero-order valence-electron chi connectivity index (χ0n) is 19.6. The average molecular weight is 562 g/mol. The van der Waals surface area contributed by atoms with E-state index in [4.69, 9.17) is 23.9 Å². The highest BCUT2D eigenvalue weighted by Gasteiger charge is 2.17. The van der Waals surface area contributed by atoms with E-state index in [0.717, 1.165) is 89.1 Å². The fraction of sp³-hybridized carbons (Fsp3) is 0.708. The molecule has 2 saturated heterocycles. The Hall–Kier alpha value is -1.10. The number of hydrogen-bond donors (Lipinski definition) is 2. The van der Waals surface area contributed by atoms with Crippen molar-refractivity contribution in [2.45, 2.75) is 52.2 Å². The molecule has 0 saturated carbocycles. The molecule has 1 atom stereocenters. The minimum atomic E-state index is 0. The Balaban J connectivity index is 0.00000363. The topological polar surface area (TPSA) is 73.3 Å². The van der Waals surface area contributed by atoms with E-state index in [2.05, 4.69) is 42.7 Å². The van der Waals surface area contributed by atoms with Crippen LogP contribution < -0.4 is 15.4 Å². The molecule has 1 aromatic rings. The van der Waals surface area contributed by atoms with Gasteiger partial charge < -0.3 is 29.6 Å². The van der Waals surface area contributed by atoms with Crippen molar-refractivity contribution in [2.75, 3.05) is 52.7 Å². The van der Waals surface area contributed by atoms with E-state index in [-0.39, 0.29) is 24.0 Å². The van der Waals surface area contributed by atoms with Crippen LogP contribution in [0.4, 0.5) is 0 Å². The van der Waals surface area contributed by atoms with Gasteiger partial charge in [-0.3, -0.25) is 0 Å². The molecule has 1 unspecified atom stereocenters. The quantitative estimate of drug-likeness (QED) is 0.186. The molecule has 2 fully saturated rings. The third-order valence-electron chi connectivity index (χ3n) is 5.61. The molecular weight excluding hydrogens is 521 g/mol. The molecule has 2 N–H and O–H groups in total. The summed E-state index contributed by atoms with van der Waals surface area (Å²) in [7, 11) is 0. The van der Waals surface area contributed by atoms with Gasteiger partial charge in [-0.1, -0.05) is 12.1 Å². The lowest BCUT2D eigenvalue weighted by molar-refractivity contribution is -0.0320. The third kappa shape index (κ3) is 9.80. The van der Waals surface area contributed by atoms with E-state index >= 15 is 0 Å². The number of benzene rings is 1. The monoisotopic (exact) mass is 561 g/mol. The van der Waals surface area contributed by atoms with Crippen LogP contribution >= 0.6 is 24.0 Å². The Morgan fingerprint density at radius 1 is 1.12 bits per heavy atom. The summed E-state index contributed by atoms with van der Waals surface area (Å²) < 4.78 is 22.9. The van der Waals surface area contributed by atoms with Crippen molar-refractivity contribution in [1.29, 1.82) is 0 Å². The SMILES string of the molecule is CCNC(=NCc1ccc(C)cc1OCC1CCOC1)NCCCOC1CCOCC1.I. The molecule has 32 heavy (non-hydrogen) atoms. The van der Waals surface area contributed by atoms with Gasteiger partial charge in [-0.2, -0.15) is 0 Å². The average Bonchev–Trinajstić information content (AvgIpc) is 3.31. The van der Waals surface area contributed by atoms with Crippen molar-refractivity contribution in [2.24, 2.45) is 10.9 Å². The van der Waals surface area contributed by atoms with E-state index in [1.54, 1.807) is 0 Å². The highest BCUT2D eigenvalue weighted by molar-refractivity contribution is 14.0. The molecule has 2 aliphatic heterocycles. The molecule has 0 bridgehead atoms. The Morgan fingerprint density at radius 3 is 2.69 bits per heavy atom. The minimum absolute atomic E-state index is 0. The van der Waals surface area contributed by atoms with Gasteiger partial charge in [-0.05, 0) is 51.2 Å². The van der Waals surface area contributed by atoms with Crippen LogP contribution in [-0.4, -0.2) is 64.8 Å². The molecule has 2 heterocycles. The van der Waals surface area contributed by atoms with Crippen LogP contribution in [0.5, 0.6) is 5.75 Å². The predicted octanol–water partition coefficient (Wildman–Crippen LogP) is 3.67. The lowest BCUT2D eigenvalue weighted by Gasteiger charge is -2.22. The predicted molar refractivity (Wildman–Crippen MR) is 138 cm³/mol. The molecule has 2 aliphatic rings. The van der Waals surface area contributed by atoms with E-state index in [0.29, 0.717) is 25.2 Å². The number of rotatable bonds is 11. The van der Waals surface area contributed by atoms with Gasteiger partial charge in [-0.15, -0.1) is 24.0 Å². The van der Waals surface area contributed by atoms with Gasteiger partial charge in [0.25, 0.3) is 0 Å². The summed E-state index contributed by atoms with van der Waals surface area (Å²) in [6.07, 6.45) is 4.39. The molecule has 1 aromatic carbocycles. The second-order valence-electron chi connectivity index (χ2n) is 8.31. The fourth-order valence-corrected chi connectivity index (χ4v) is 3.73. The Morgan fingerprint density at radius 2 is 1.94 bits per heavy atom. The van der Waals surface area contributed by atoms with Crippen molar-refractivity contribution in [1.82, 2.24) is 10.6 Å². The number of ether oxygens (including phenoxy) is 4. The van der Waals surface area contributed by atoms with Crippen LogP contribution in [0.2, 0.25) is 0 Å². The molecule has 182 valence electrons. The fourth-order valence-electron chi connectivity index (χ4n) is 3.73. The third-order valence-corrected chi connectivity index (χ3v) is 5.61. The van der Waals surface area contributed by atoms with Gasteiger partial charge >= 0.3 is 0 Å². The van der Waals surface area contributed by atoms with E-state index in [9.17, 15) is 0 Å². The van der Waals surface area contributed by atoms with Gasteiger partial charge in [0.2, 0.25) is 0 Å². The van der Waals surface area contributed by atoms with Crippen LogP contribution in [-0.2, 0) is 20.8 Å². The van der Waals surface area contributed by atoms with E-state index in [1.165, 1.54) is 5.56 Å². The van der Waals surface area contributed by atoms with Gasteiger partial charge in [0.15, 0.2) is 5.96 Å². The number of nitrogens with zero attached hydrogens (tertiary/aromatic N) is 1. The number of halogens is 1. The van der Waals surface area contributed by atoms with E-state index in [1.807, 2.05) is 0 Å². The number of nitrogens with one attached hydrogen (secondary N) is 2. The van der Waals surface area contributed by atoms with Crippen molar-refractivity contribution >= 4 is 29.9 Å². The first-order valence-corrected chi connectivity index (χ1v) is 11.8. The highest BCUT2D eigenvalue weighted by atomic mass is 127. The van der Waals surface area contributed by atoms with Gasteiger partial charge in [0, 0.05) is 51.0 Å². The van der Waals surface area contributed by atoms with Crippen LogP contribution in [0, 0.1) is 12.8 Å². The normalized spacial score (nSPS) is 19.4. The summed E-state index contributed by atoms with van der Waals surface area (Å²) in [6.45, 7) is 11.1. The summed E-state index contributed by atoms with van der Waals surface area (Å²) in [5.41, 5.74) is 2.30. The van der Waals surface area contributed by atoms with Crippen LogP contribution in [0.1, 0.15) is 43.7 Å². The van der Waals surface area contributed by atoms with Crippen LogP contribution in [0.25, 0.3) is 0 Å². The Labute approximate surface area is 210 Å². The largest absolute Gasteiger partial charge is 0.493 e. The zero-order valence-corrected chi connectivity index (χ0v) is 21.9. The van der Waals surface area contributed by atoms with Crippen molar-refractivity contribution in [3.63, 3.8) is 0 Å². The summed E-state index contributed by atoms with van der Waals surface area (Å²) >= 11 is 0. The number of aryl methyl sites for hydroxylation is 1. The molecular formula is C24H40IN3O4. The van der Waals surface area contributed by atoms with Gasteiger partial charge in [0.05, 0.1) is 25.9 Å². The minimum Gasteiger partial charge on any atom is -0.493 e. The maximum absolute atomic E-state index is 6.15. The molecule has 0 aromatic heterocycles. The summed E-state index contributed by atoms with van der Waals surface area (Å²) in [4.78, 5) is 4.77. The lowest BCUT2D eigenvalue weighted by atomic mass is 10.1. The van der Waals surface area contributed by atoms with Crippen LogP contribution in [0.15, 0.2) is 23.2 Å². The molecule has 0 aliphatic carbocycles. The Kier molecular flexibility index (Phi) is 13.3. The summed E-state index contributed by atoms with van der Waals surface area (Å²) in [5.74, 6) is 2.24. The lowest BCUT2D eigenvalue weighted by Crippen LogP contribution is -2.38. The van der Waals surface area contributed by atoms with Crippen LogP contribution in [0.3, 0.4) is 0 Å². The first-order valence-electron chi connectivity index (χ1n) is 11.8. The first kappa shape index (κ1) is 27.1. The molecule has 7 nitrogen and oxygen atoms in total. The molecule has 0 radical (unpaired) electrons. The second-order valence-corrected chi connectivity index (χ2v) is 8.31.